The van der Waals surface area contributed by atoms with Crippen molar-refractivity contribution in [3.8, 4) is 5.75 Å². The zero-order valence-electron chi connectivity index (χ0n) is 19.5. The lowest BCUT2D eigenvalue weighted by Crippen LogP contribution is -2.30. The Morgan fingerprint density at radius 2 is 1.94 bits per heavy atom. The summed E-state index contributed by atoms with van der Waals surface area (Å²) in [7, 11) is 0. The summed E-state index contributed by atoms with van der Waals surface area (Å²) in [5.41, 5.74) is 2.23. The standard InChI is InChI=1S/C25H26FN5O3.2ClH/c26-19-4-1-16-2-6-22(33)31-13-17(23(19)24(16)31)12-30-8-7-15(11-30)9-27-10-18-3-5-20-25(28-18)29-21(32)14-34-20;;/h1-6,15,17,27H,7-14H2,(H,28,29,32);2*1H/t15-,17?;;/m1../s1. The molecular weight excluding hydrogens is 508 g/mol. The van der Waals surface area contributed by atoms with E-state index in [9.17, 15) is 14.0 Å². The number of amides is 1. The number of carbonyl (C=O) groups excluding carboxylic acids is 1. The second kappa shape index (κ2) is 10.7. The van der Waals surface area contributed by atoms with Crippen molar-refractivity contribution in [3.05, 3.63) is 63.8 Å². The highest BCUT2D eigenvalue weighted by atomic mass is 35.5. The minimum atomic E-state index is -0.217. The Balaban J connectivity index is 0.00000152. The number of hydrogen-bond donors (Lipinski definition) is 2. The lowest BCUT2D eigenvalue weighted by Gasteiger charge is -2.21. The number of rotatable bonds is 6. The molecule has 1 fully saturated rings. The lowest BCUT2D eigenvalue weighted by atomic mass is 9.98. The first-order valence-corrected chi connectivity index (χ1v) is 11.7. The number of anilines is 1. The zero-order valence-corrected chi connectivity index (χ0v) is 21.2. The Morgan fingerprint density at radius 3 is 2.81 bits per heavy atom. The summed E-state index contributed by atoms with van der Waals surface area (Å²) in [5.74, 6) is 1.14. The van der Waals surface area contributed by atoms with Crippen molar-refractivity contribution in [2.45, 2.75) is 25.4 Å². The molecule has 0 saturated carbocycles. The van der Waals surface area contributed by atoms with Gasteiger partial charge in [-0.15, -0.1) is 24.8 Å². The molecule has 1 amide bonds. The highest BCUT2D eigenvalue weighted by molar-refractivity contribution is 5.94. The summed E-state index contributed by atoms with van der Waals surface area (Å²) in [6.07, 6.45) is 1.07. The van der Waals surface area contributed by atoms with Crippen molar-refractivity contribution < 1.29 is 13.9 Å². The number of nitrogens with zero attached hydrogens (tertiary/aromatic N) is 3. The number of ether oxygens (including phenoxy) is 1. The van der Waals surface area contributed by atoms with E-state index >= 15 is 0 Å². The molecule has 3 aliphatic rings. The van der Waals surface area contributed by atoms with Crippen LogP contribution in [-0.4, -0.2) is 53.1 Å². The summed E-state index contributed by atoms with van der Waals surface area (Å²) >= 11 is 0. The van der Waals surface area contributed by atoms with E-state index in [1.165, 1.54) is 6.07 Å². The van der Waals surface area contributed by atoms with E-state index < -0.39 is 0 Å². The average Bonchev–Trinajstić information content (AvgIpc) is 3.44. The van der Waals surface area contributed by atoms with E-state index in [-0.39, 0.29) is 54.6 Å². The first-order chi connectivity index (χ1) is 16.5. The third kappa shape index (κ3) is 4.93. The molecule has 2 N–H and O–H groups in total. The molecule has 11 heteroatoms. The van der Waals surface area contributed by atoms with E-state index in [1.807, 2.05) is 12.1 Å². The fourth-order valence-corrected chi connectivity index (χ4v) is 5.49. The van der Waals surface area contributed by atoms with Crippen LogP contribution in [0.3, 0.4) is 0 Å². The molecule has 6 rings (SSSR count). The third-order valence-corrected chi connectivity index (χ3v) is 7.07. The number of carbonyl (C=O) groups is 1. The Morgan fingerprint density at radius 1 is 1.11 bits per heavy atom. The molecule has 1 saturated heterocycles. The topological polar surface area (TPSA) is 88.5 Å². The number of fused-ring (bicyclic) bond motifs is 1. The van der Waals surface area contributed by atoms with E-state index in [0.717, 1.165) is 49.2 Å². The molecule has 0 radical (unpaired) electrons. The van der Waals surface area contributed by atoms with Gasteiger partial charge in [-0.3, -0.25) is 9.59 Å². The number of nitrogens with one attached hydrogen (secondary N) is 2. The van der Waals surface area contributed by atoms with Gasteiger partial charge in [-0.2, -0.15) is 0 Å². The van der Waals surface area contributed by atoms with Crippen LogP contribution in [0.1, 0.15) is 23.6 Å². The second-order valence-electron chi connectivity index (χ2n) is 9.41. The van der Waals surface area contributed by atoms with E-state index in [2.05, 4.69) is 20.5 Å². The highest BCUT2D eigenvalue weighted by Crippen LogP contribution is 2.36. The van der Waals surface area contributed by atoms with Gasteiger partial charge in [0, 0.05) is 43.7 Å². The largest absolute Gasteiger partial charge is 0.480 e. The summed E-state index contributed by atoms with van der Waals surface area (Å²) in [5, 5.41) is 7.13. The van der Waals surface area contributed by atoms with Gasteiger partial charge in [-0.25, -0.2) is 9.37 Å². The smallest absolute Gasteiger partial charge is 0.263 e. The van der Waals surface area contributed by atoms with Gasteiger partial charge in [0.2, 0.25) is 0 Å². The van der Waals surface area contributed by atoms with Gasteiger partial charge in [-0.05, 0) is 61.1 Å². The number of pyridine rings is 2. The number of likely N-dealkylation sites (tertiary alicyclic amines) is 1. The van der Waals surface area contributed by atoms with Gasteiger partial charge in [0.05, 0.1) is 11.2 Å². The summed E-state index contributed by atoms with van der Waals surface area (Å²) in [4.78, 5) is 30.7. The fraction of sp³-hybridized carbons (Fsp3) is 0.400. The molecule has 2 aromatic heterocycles. The predicted octanol–water partition coefficient (Wildman–Crippen LogP) is 2.92. The summed E-state index contributed by atoms with van der Waals surface area (Å²) in [6.45, 7) is 4.67. The SMILES string of the molecule is Cl.Cl.O=C1COc2ccc(CNC[C@H]3CCN(CC4Cn5c(=O)ccc6ccc(F)c4c65)C3)nc2N1. The van der Waals surface area contributed by atoms with Crippen molar-refractivity contribution in [1.29, 1.82) is 0 Å². The average molecular weight is 536 g/mol. The first kappa shape index (κ1) is 26.3. The van der Waals surface area contributed by atoms with Crippen LogP contribution in [0.25, 0.3) is 10.9 Å². The van der Waals surface area contributed by atoms with Gasteiger partial charge in [0.15, 0.2) is 18.2 Å². The molecule has 8 nitrogen and oxygen atoms in total. The fourth-order valence-electron chi connectivity index (χ4n) is 5.49. The molecule has 3 aliphatic heterocycles. The molecule has 192 valence electrons. The lowest BCUT2D eigenvalue weighted by molar-refractivity contribution is -0.118. The molecule has 36 heavy (non-hydrogen) atoms. The van der Waals surface area contributed by atoms with Crippen LogP contribution < -0.4 is 20.9 Å². The van der Waals surface area contributed by atoms with Crippen molar-refractivity contribution in [3.63, 3.8) is 0 Å². The van der Waals surface area contributed by atoms with Crippen LogP contribution in [0, 0.1) is 11.7 Å². The quantitative estimate of drug-likeness (QED) is 0.504. The van der Waals surface area contributed by atoms with Crippen molar-refractivity contribution in [2.24, 2.45) is 5.92 Å². The van der Waals surface area contributed by atoms with Gasteiger partial charge < -0.3 is 24.8 Å². The Hall–Kier alpha value is -2.72. The number of halogens is 3. The number of benzene rings is 1. The Labute approximate surface area is 220 Å². The van der Waals surface area contributed by atoms with Crippen molar-refractivity contribution >= 4 is 47.4 Å². The van der Waals surface area contributed by atoms with Crippen molar-refractivity contribution in [1.82, 2.24) is 19.8 Å². The molecule has 0 spiro atoms. The Kier molecular flexibility index (Phi) is 7.85. The maximum Gasteiger partial charge on any atom is 0.263 e. The monoisotopic (exact) mass is 535 g/mol. The molecule has 0 bridgehead atoms. The number of aromatic nitrogens is 2. The molecule has 2 atom stereocenters. The molecular formula is C25H28Cl2FN5O3. The minimum Gasteiger partial charge on any atom is -0.480 e. The third-order valence-electron chi connectivity index (χ3n) is 7.07. The second-order valence-corrected chi connectivity index (χ2v) is 9.41. The maximum absolute atomic E-state index is 14.8. The van der Waals surface area contributed by atoms with Crippen molar-refractivity contribution in [2.75, 3.05) is 38.1 Å². The van der Waals surface area contributed by atoms with Gasteiger partial charge in [-0.1, -0.05) is 0 Å². The highest BCUT2D eigenvalue weighted by Gasteiger charge is 2.32. The molecule has 0 aliphatic carbocycles. The van der Waals surface area contributed by atoms with Crippen LogP contribution >= 0.6 is 24.8 Å². The summed E-state index contributed by atoms with van der Waals surface area (Å²) in [6, 6.07) is 10.4. The van der Waals surface area contributed by atoms with E-state index in [0.29, 0.717) is 36.1 Å². The minimum absolute atomic E-state index is 0. The zero-order chi connectivity index (χ0) is 23.2. The van der Waals surface area contributed by atoms with Crippen LogP contribution in [0.2, 0.25) is 0 Å². The van der Waals surface area contributed by atoms with Gasteiger partial charge in [0.25, 0.3) is 11.5 Å². The van der Waals surface area contributed by atoms with E-state index in [4.69, 9.17) is 4.74 Å². The molecule has 1 unspecified atom stereocenters. The maximum atomic E-state index is 14.8. The van der Waals surface area contributed by atoms with Crippen LogP contribution in [-0.2, 0) is 17.9 Å². The molecule has 3 aromatic rings. The van der Waals surface area contributed by atoms with Gasteiger partial charge in [0.1, 0.15) is 5.82 Å². The molecule has 1 aromatic carbocycles. The number of hydrogen-bond acceptors (Lipinski definition) is 6. The first-order valence-electron chi connectivity index (χ1n) is 11.7. The van der Waals surface area contributed by atoms with Gasteiger partial charge >= 0.3 is 0 Å². The Bertz CT molecular complexity index is 1350. The molecule has 5 heterocycles. The van der Waals surface area contributed by atoms with Crippen LogP contribution in [0.15, 0.2) is 41.2 Å². The van der Waals surface area contributed by atoms with E-state index in [1.54, 1.807) is 22.8 Å². The normalized spacial score (nSPS) is 20.3. The van der Waals surface area contributed by atoms with Crippen LogP contribution in [0.4, 0.5) is 10.2 Å². The summed E-state index contributed by atoms with van der Waals surface area (Å²) < 4.78 is 21.8. The predicted molar refractivity (Wildman–Crippen MR) is 140 cm³/mol. The van der Waals surface area contributed by atoms with Crippen LogP contribution in [0.5, 0.6) is 5.75 Å².